The van der Waals surface area contributed by atoms with Crippen LogP contribution in [0.15, 0.2) is 12.4 Å². The van der Waals surface area contributed by atoms with Crippen LogP contribution in [0.2, 0.25) is 0 Å². The van der Waals surface area contributed by atoms with Gasteiger partial charge in [0, 0.05) is 26.3 Å². The van der Waals surface area contributed by atoms with Crippen molar-refractivity contribution in [1.29, 1.82) is 0 Å². The van der Waals surface area contributed by atoms with Gasteiger partial charge in [-0.2, -0.15) is 0 Å². The minimum absolute atomic E-state index is 0.216. The number of aromatic nitrogens is 2. The Morgan fingerprint density at radius 3 is 2.84 bits per heavy atom. The highest BCUT2D eigenvalue weighted by Gasteiger charge is 2.07. The molecular formula is C13H22N4O2. The Morgan fingerprint density at radius 2 is 2.16 bits per heavy atom. The lowest BCUT2D eigenvalue weighted by atomic mass is 10.1. The smallest absolute Gasteiger partial charge is 0.270 e. The molecule has 0 aliphatic rings. The molecule has 1 aromatic heterocycles. The minimum Gasteiger partial charge on any atom is -0.383 e. The first-order valence-electron chi connectivity index (χ1n) is 6.46. The zero-order valence-electron chi connectivity index (χ0n) is 11.8. The lowest BCUT2D eigenvalue weighted by Crippen LogP contribution is -2.27. The van der Waals surface area contributed by atoms with Gasteiger partial charge in [-0.25, -0.2) is 9.97 Å². The molecule has 6 heteroatoms. The number of rotatable bonds is 8. The fourth-order valence-electron chi connectivity index (χ4n) is 1.42. The van der Waals surface area contributed by atoms with Crippen LogP contribution in [0.25, 0.3) is 0 Å². The molecule has 6 nitrogen and oxygen atoms in total. The third-order valence-electron chi connectivity index (χ3n) is 2.52. The normalized spacial score (nSPS) is 10.5. The van der Waals surface area contributed by atoms with Gasteiger partial charge in [0.25, 0.3) is 5.91 Å². The number of carbonyl (C=O) groups excluding carboxylic acids is 1. The summed E-state index contributed by atoms with van der Waals surface area (Å²) in [6.45, 7) is 6.11. The van der Waals surface area contributed by atoms with Crippen molar-refractivity contribution in [2.24, 2.45) is 5.92 Å². The number of nitrogens with one attached hydrogen (secondary N) is 2. The summed E-state index contributed by atoms with van der Waals surface area (Å²) in [6.07, 6.45) is 2.45. The average molecular weight is 266 g/mol. The second-order valence-corrected chi connectivity index (χ2v) is 4.65. The lowest BCUT2D eigenvalue weighted by Gasteiger charge is -2.08. The van der Waals surface area contributed by atoms with Crippen molar-refractivity contribution < 1.29 is 9.53 Å². The van der Waals surface area contributed by atoms with Gasteiger partial charge in [-0.1, -0.05) is 13.8 Å². The summed E-state index contributed by atoms with van der Waals surface area (Å²) in [4.78, 5) is 19.8. The fraction of sp³-hybridized carbons (Fsp3) is 0.615. The van der Waals surface area contributed by atoms with E-state index in [1.165, 1.54) is 6.33 Å². The number of hydrogen-bond acceptors (Lipinski definition) is 5. The summed E-state index contributed by atoms with van der Waals surface area (Å²) in [6, 6.07) is 1.66. The van der Waals surface area contributed by atoms with Crippen molar-refractivity contribution in [2.45, 2.75) is 20.3 Å². The standard InChI is InChI=1S/C13H22N4O2/c1-10(2)4-5-14-12-8-11(16-9-17-12)13(18)15-6-7-19-3/h8-10H,4-7H2,1-3H3,(H,15,18)(H,14,16,17). The van der Waals surface area contributed by atoms with E-state index in [0.717, 1.165) is 13.0 Å². The van der Waals surface area contributed by atoms with Gasteiger partial charge in [0.15, 0.2) is 0 Å². The highest BCUT2D eigenvalue weighted by Crippen LogP contribution is 2.05. The van der Waals surface area contributed by atoms with Gasteiger partial charge in [0.2, 0.25) is 0 Å². The van der Waals surface area contributed by atoms with Crippen LogP contribution in [-0.2, 0) is 4.74 Å². The van der Waals surface area contributed by atoms with Gasteiger partial charge in [-0.3, -0.25) is 4.79 Å². The van der Waals surface area contributed by atoms with E-state index in [0.29, 0.717) is 30.6 Å². The molecule has 0 aliphatic heterocycles. The van der Waals surface area contributed by atoms with Crippen molar-refractivity contribution >= 4 is 11.7 Å². The van der Waals surface area contributed by atoms with Crippen LogP contribution in [0, 0.1) is 5.92 Å². The molecular weight excluding hydrogens is 244 g/mol. The first-order chi connectivity index (χ1) is 9.13. The van der Waals surface area contributed by atoms with Gasteiger partial charge < -0.3 is 15.4 Å². The van der Waals surface area contributed by atoms with E-state index in [1.54, 1.807) is 13.2 Å². The topological polar surface area (TPSA) is 76.1 Å². The summed E-state index contributed by atoms with van der Waals surface area (Å²) in [5, 5.41) is 5.90. The summed E-state index contributed by atoms with van der Waals surface area (Å²) in [5.74, 6) is 1.09. The Kier molecular flexibility index (Phi) is 6.81. The molecule has 19 heavy (non-hydrogen) atoms. The molecule has 1 heterocycles. The molecule has 0 saturated heterocycles. The zero-order chi connectivity index (χ0) is 14.1. The van der Waals surface area contributed by atoms with Crippen LogP contribution in [0.5, 0.6) is 0 Å². The minimum atomic E-state index is -0.216. The predicted molar refractivity (Wildman–Crippen MR) is 74.2 cm³/mol. The maximum atomic E-state index is 11.8. The van der Waals surface area contributed by atoms with Crippen LogP contribution >= 0.6 is 0 Å². The number of hydrogen-bond donors (Lipinski definition) is 2. The average Bonchev–Trinajstić information content (AvgIpc) is 2.39. The number of amides is 1. The monoisotopic (exact) mass is 266 g/mol. The highest BCUT2D eigenvalue weighted by atomic mass is 16.5. The summed E-state index contributed by atoms with van der Waals surface area (Å²) >= 11 is 0. The first-order valence-corrected chi connectivity index (χ1v) is 6.46. The number of nitrogens with zero attached hydrogens (tertiary/aromatic N) is 2. The molecule has 0 atom stereocenters. The van der Waals surface area contributed by atoms with Crippen LogP contribution in [-0.4, -0.2) is 42.7 Å². The van der Waals surface area contributed by atoms with E-state index in [1.807, 2.05) is 0 Å². The first kappa shape index (κ1) is 15.4. The number of anilines is 1. The quantitative estimate of drug-likeness (QED) is 0.694. The van der Waals surface area contributed by atoms with Crippen LogP contribution < -0.4 is 10.6 Å². The molecule has 2 N–H and O–H groups in total. The highest BCUT2D eigenvalue weighted by molar-refractivity contribution is 5.92. The molecule has 0 fully saturated rings. The molecule has 1 amide bonds. The molecule has 0 aliphatic carbocycles. The van der Waals surface area contributed by atoms with E-state index in [4.69, 9.17) is 4.74 Å². The molecule has 0 unspecified atom stereocenters. The largest absolute Gasteiger partial charge is 0.383 e. The third kappa shape index (κ3) is 6.15. The number of carbonyl (C=O) groups is 1. The fourth-order valence-corrected chi connectivity index (χ4v) is 1.42. The van der Waals surface area contributed by atoms with Gasteiger partial charge in [-0.05, 0) is 12.3 Å². The predicted octanol–water partition coefficient (Wildman–Crippen LogP) is 1.31. The Morgan fingerprint density at radius 1 is 1.37 bits per heavy atom. The van der Waals surface area contributed by atoms with E-state index in [2.05, 4.69) is 34.4 Å². The number of methoxy groups -OCH3 is 1. The van der Waals surface area contributed by atoms with Crippen molar-refractivity contribution in [1.82, 2.24) is 15.3 Å². The Hall–Kier alpha value is -1.69. The second-order valence-electron chi connectivity index (χ2n) is 4.65. The molecule has 0 bridgehead atoms. The van der Waals surface area contributed by atoms with Crippen LogP contribution in [0.3, 0.4) is 0 Å². The molecule has 0 spiro atoms. The molecule has 1 aromatic rings. The zero-order valence-corrected chi connectivity index (χ0v) is 11.8. The van der Waals surface area contributed by atoms with Gasteiger partial charge in [0.1, 0.15) is 17.8 Å². The van der Waals surface area contributed by atoms with Crippen molar-refractivity contribution in [3.63, 3.8) is 0 Å². The van der Waals surface area contributed by atoms with Gasteiger partial charge >= 0.3 is 0 Å². The van der Waals surface area contributed by atoms with E-state index < -0.39 is 0 Å². The van der Waals surface area contributed by atoms with Crippen molar-refractivity contribution in [3.8, 4) is 0 Å². The van der Waals surface area contributed by atoms with Crippen molar-refractivity contribution in [2.75, 3.05) is 32.1 Å². The maximum absolute atomic E-state index is 11.8. The SMILES string of the molecule is COCCNC(=O)c1cc(NCCC(C)C)ncn1. The Labute approximate surface area is 114 Å². The van der Waals surface area contributed by atoms with Gasteiger partial charge in [0.05, 0.1) is 6.61 Å². The molecule has 106 valence electrons. The van der Waals surface area contributed by atoms with E-state index in [-0.39, 0.29) is 5.91 Å². The van der Waals surface area contributed by atoms with Crippen LogP contribution in [0.4, 0.5) is 5.82 Å². The van der Waals surface area contributed by atoms with Crippen LogP contribution in [0.1, 0.15) is 30.8 Å². The van der Waals surface area contributed by atoms with E-state index >= 15 is 0 Å². The Balaban J connectivity index is 2.48. The molecule has 1 rings (SSSR count). The van der Waals surface area contributed by atoms with E-state index in [9.17, 15) is 4.79 Å². The summed E-state index contributed by atoms with van der Waals surface area (Å²) in [5.41, 5.74) is 0.359. The molecule has 0 radical (unpaired) electrons. The van der Waals surface area contributed by atoms with Crippen molar-refractivity contribution in [3.05, 3.63) is 18.1 Å². The Bertz CT molecular complexity index is 396. The molecule has 0 saturated carbocycles. The summed E-state index contributed by atoms with van der Waals surface area (Å²) < 4.78 is 4.87. The number of ether oxygens (including phenoxy) is 1. The maximum Gasteiger partial charge on any atom is 0.270 e. The summed E-state index contributed by atoms with van der Waals surface area (Å²) in [7, 11) is 1.59. The third-order valence-corrected chi connectivity index (χ3v) is 2.52. The second kappa shape index (κ2) is 8.42. The molecule has 0 aromatic carbocycles. The van der Waals surface area contributed by atoms with Gasteiger partial charge in [-0.15, -0.1) is 0 Å². The lowest BCUT2D eigenvalue weighted by molar-refractivity contribution is 0.0932.